The van der Waals surface area contributed by atoms with Crippen molar-refractivity contribution >= 4 is 29.3 Å². The van der Waals surface area contributed by atoms with Crippen LogP contribution in [0.2, 0.25) is 0 Å². The second-order valence-corrected chi connectivity index (χ2v) is 3.87. The van der Waals surface area contributed by atoms with Gasteiger partial charge in [0.25, 0.3) is 11.6 Å². The molecule has 1 aromatic carbocycles. The number of alkyl carbamates (subject to hydrolysis) is 1. The maximum Gasteiger partial charge on any atom is 0.413 e. The van der Waals surface area contributed by atoms with Crippen LogP contribution in [0.3, 0.4) is 0 Å². The summed E-state index contributed by atoms with van der Waals surface area (Å²) in [5, 5.41) is 12.4. The fourth-order valence-electron chi connectivity index (χ4n) is 1.38. The Morgan fingerprint density at radius 1 is 1.32 bits per heavy atom. The van der Waals surface area contributed by atoms with Gasteiger partial charge in [-0.1, -0.05) is 0 Å². The quantitative estimate of drug-likeness (QED) is 0.347. The van der Waals surface area contributed by atoms with E-state index >= 15 is 0 Å². The van der Waals surface area contributed by atoms with Crippen LogP contribution in [-0.2, 0) is 14.3 Å². The number of amides is 2. The highest BCUT2D eigenvalue weighted by Crippen LogP contribution is 2.20. The molecule has 1 rings (SSSR count). The van der Waals surface area contributed by atoms with Crippen LogP contribution in [0.4, 0.5) is 16.2 Å². The number of carbonyl (C=O) groups excluding carboxylic acids is 3. The Labute approximate surface area is 124 Å². The van der Waals surface area contributed by atoms with Gasteiger partial charge in [-0.05, 0) is 13.0 Å². The summed E-state index contributed by atoms with van der Waals surface area (Å²) >= 11 is 0. The van der Waals surface area contributed by atoms with Crippen molar-refractivity contribution in [3.05, 3.63) is 33.9 Å². The van der Waals surface area contributed by atoms with E-state index in [4.69, 9.17) is 5.73 Å². The Bertz CT molecular complexity index is 615. The first-order chi connectivity index (χ1) is 10.3. The Morgan fingerprint density at radius 3 is 2.55 bits per heavy atom. The number of nitrogens with one attached hydrogen (secondary N) is 1. The summed E-state index contributed by atoms with van der Waals surface area (Å²) in [5.74, 6) is -1.83. The predicted octanol–water partition coefficient (Wildman–Crippen LogP) is 0.607. The molecule has 118 valence electrons. The summed E-state index contributed by atoms with van der Waals surface area (Å²) < 4.78 is 9.10. The fourth-order valence-corrected chi connectivity index (χ4v) is 1.38. The lowest BCUT2D eigenvalue weighted by molar-refractivity contribution is -0.384. The number of nitrogen functional groups attached to an aromatic ring is 1. The molecule has 10 nitrogen and oxygen atoms in total. The molecule has 0 atom stereocenters. The van der Waals surface area contributed by atoms with Crippen LogP contribution in [0.15, 0.2) is 18.2 Å². The maximum atomic E-state index is 11.7. The van der Waals surface area contributed by atoms with E-state index in [1.807, 2.05) is 5.32 Å². The van der Waals surface area contributed by atoms with E-state index in [0.29, 0.717) is 0 Å². The van der Waals surface area contributed by atoms with E-state index in [1.54, 1.807) is 6.92 Å². The number of rotatable bonds is 5. The first kappa shape index (κ1) is 16.9. The SMILES string of the molecule is CCOC(=O)NC(=O)COC(=O)c1ccc([N+](=O)[O-])cc1N. The summed E-state index contributed by atoms with van der Waals surface area (Å²) in [6.45, 7) is 0.910. The van der Waals surface area contributed by atoms with Crippen molar-refractivity contribution in [3.8, 4) is 0 Å². The molecule has 0 aliphatic heterocycles. The van der Waals surface area contributed by atoms with Gasteiger partial charge in [-0.15, -0.1) is 0 Å². The molecule has 0 heterocycles. The van der Waals surface area contributed by atoms with Crippen molar-refractivity contribution in [1.82, 2.24) is 5.32 Å². The van der Waals surface area contributed by atoms with Crippen molar-refractivity contribution in [2.45, 2.75) is 6.92 Å². The average molecular weight is 311 g/mol. The number of hydrogen-bond donors (Lipinski definition) is 2. The Kier molecular flexibility index (Phi) is 5.81. The van der Waals surface area contributed by atoms with Crippen LogP contribution in [-0.4, -0.2) is 36.1 Å². The molecule has 3 N–H and O–H groups in total. The highest BCUT2D eigenvalue weighted by Gasteiger charge is 2.17. The third-order valence-corrected chi connectivity index (χ3v) is 2.32. The standard InChI is InChI=1S/C12H13N3O7/c1-2-21-12(18)14-10(16)6-22-11(17)8-4-3-7(15(19)20)5-9(8)13/h3-5H,2,6,13H2,1H3,(H,14,16,18). The van der Waals surface area contributed by atoms with Crippen LogP contribution < -0.4 is 11.1 Å². The summed E-state index contributed by atoms with van der Waals surface area (Å²) in [4.78, 5) is 43.8. The molecular weight excluding hydrogens is 298 g/mol. The van der Waals surface area contributed by atoms with Crippen LogP contribution in [0.25, 0.3) is 0 Å². The Morgan fingerprint density at radius 2 is 2.00 bits per heavy atom. The number of esters is 1. The number of nitrogens with two attached hydrogens (primary N) is 1. The van der Waals surface area contributed by atoms with Gasteiger partial charge >= 0.3 is 12.1 Å². The number of benzene rings is 1. The zero-order chi connectivity index (χ0) is 16.7. The number of imide groups is 1. The van der Waals surface area contributed by atoms with Crippen molar-refractivity contribution in [2.75, 3.05) is 18.9 Å². The van der Waals surface area contributed by atoms with Crippen LogP contribution in [0, 0.1) is 10.1 Å². The molecular formula is C12H13N3O7. The van der Waals surface area contributed by atoms with Gasteiger partial charge < -0.3 is 15.2 Å². The largest absolute Gasteiger partial charge is 0.452 e. The van der Waals surface area contributed by atoms with Gasteiger partial charge in [0.2, 0.25) is 0 Å². The molecule has 2 amide bonds. The van der Waals surface area contributed by atoms with E-state index in [0.717, 1.165) is 18.2 Å². The Balaban J connectivity index is 2.61. The highest BCUT2D eigenvalue weighted by molar-refractivity contribution is 5.98. The molecule has 0 saturated carbocycles. The van der Waals surface area contributed by atoms with Crippen molar-refractivity contribution < 1.29 is 28.8 Å². The lowest BCUT2D eigenvalue weighted by Gasteiger charge is -2.07. The lowest BCUT2D eigenvalue weighted by atomic mass is 10.1. The average Bonchev–Trinajstić information content (AvgIpc) is 2.44. The normalized spacial score (nSPS) is 9.68. The molecule has 0 saturated heterocycles. The number of nitro groups is 1. The van der Waals surface area contributed by atoms with E-state index in [9.17, 15) is 24.5 Å². The zero-order valence-corrected chi connectivity index (χ0v) is 11.5. The minimum atomic E-state index is -0.960. The molecule has 0 bridgehead atoms. The summed E-state index contributed by atoms with van der Waals surface area (Å²) in [7, 11) is 0. The minimum absolute atomic E-state index is 0.0816. The predicted molar refractivity (Wildman–Crippen MR) is 73.0 cm³/mol. The Hall–Kier alpha value is -3.17. The number of non-ortho nitro benzene ring substituents is 1. The number of carbonyl (C=O) groups is 3. The second-order valence-electron chi connectivity index (χ2n) is 3.87. The van der Waals surface area contributed by atoms with Gasteiger partial charge in [-0.25, -0.2) is 9.59 Å². The van der Waals surface area contributed by atoms with Crippen molar-refractivity contribution in [3.63, 3.8) is 0 Å². The third kappa shape index (κ3) is 4.74. The maximum absolute atomic E-state index is 11.7. The second kappa shape index (κ2) is 7.57. The summed E-state index contributed by atoms with van der Waals surface area (Å²) in [6, 6.07) is 3.18. The van der Waals surface area contributed by atoms with Gasteiger partial charge in [-0.2, -0.15) is 0 Å². The van der Waals surface area contributed by atoms with Gasteiger partial charge in [0.15, 0.2) is 6.61 Å². The molecule has 0 aromatic heterocycles. The van der Waals surface area contributed by atoms with E-state index < -0.39 is 29.5 Å². The molecule has 0 fully saturated rings. The number of anilines is 1. The number of ether oxygens (including phenoxy) is 2. The smallest absolute Gasteiger partial charge is 0.413 e. The molecule has 0 unspecified atom stereocenters. The van der Waals surface area contributed by atoms with Crippen LogP contribution >= 0.6 is 0 Å². The topological polar surface area (TPSA) is 151 Å². The van der Waals surface area contributed by atoms with Crippen LogP contribution in [0.5, 0.6) is 0 Å². The number of hydrogen-bond acceptors (Lipinski definition) is 8. The lowest BCUT2D eigenvalue weighted by Crippen LogP contribution is -2.34. The first-order valence-corrected chi connectivity index (χ1v) is 6.02. The van der Waals surface area contributed by atoms with Gasteiger partial charge in [0, 0.05) is 12.1 Å². The summed E-state index contributed by atoms with van der Waals surface area (Å²) in [6.07, 6.45) is -0.960. The summed E-state index contributed by atoms with van der Waals surface area (Å²) in [5.41, 5.74) is 4.93. The minimum Gasteiger partial charge on any atom is -0.452 e. The molecule has 10 heteroatoms. The highest BCUT2D eigenvalue weighted by atomic mass is 16.6. The zero-order valence-electron chi connectivity index (χ0n) is 11.5. The molecule has 0 spiro atoms. The molecule has 22 heavy (non-hydrogen) atoms. The molecule has 0 aliphatic rings. The van der Waals surface area contributed by atoms with E-state index in [1.165, 1.54) is 0 Å². The van der Waals surface area contributed by atoms with Gasteiger partial charge in [-0.3, -0.25) is 20.2 Å². The van der Waals surface area contributed by atoms with Gasteiger partial charge in [0.05, 0.1) is 22.8 Å². The van der Waals surface area contributed by atoms with Crippen molar-refractivity contribution in [1.29, 1.82) is 0 Å². The third-order valence-electron chi connectivity index (χ3n) is 2.32. The molecule has 0 radical (unpaired) electrons. The molecule has 1 aromatic rings. The van der Waals surface area contributed by atoms with Gasteiger partial charge in [0.1, 0.15) is 0 Å². The number of nitro benzene ring substituents is 1. The number of nitrogens with zero attached hydrogens (tertiary/aromatic N) is 1. The van der Waals surface area contributed by atoms with E-state index in [-0.39, 0.29) is 23.5 Å². The van der Waals surface area contributed by atoms with Crippen molar-refractivity contribution in [2.24, 2.45) is 0 Å². The van der Waals surface area contributed by atoms with E-state index in [2.05, 4.69) is 9.47 Å². The monoisotopic (exact) mass is 311 g/mol. The van der Waals surface area contributed by atoms with Crippen LogP contribution in [0.1, 0.15) is 17.3 Å². The first-order valence-electron chi connectivity index (χ1n) is 6.02. The fraction of sp³-hybridized carbons (Fsp3) is 0.250. The molecule has 0 aliphatic carbocycles.